The maximum atomic E-state index is 11.8. The normalized spacial score (nSPS) is 9.89. The zero-order valence-corrected chi connectivity index (χ0v) is 10.5. The summed E-state index contributed by atoms with van der Waals surface area (Å²) in [5.74, 6) is 0.417. The molecule has 0 spiro atoms. The average molecular weight is 255 g/mol. The van der Waals surface area contributed by atoms with Crippen LogP contribution in [0, 0.1) is 18.3 Å². The summed E-state index contributed by atoms with van der Waals surface area (Å²) in [5, 5.41) is 11.5. The van der Waals surface area contributed by atoms with Gasteiger partial charge in [0, 0.05) is 25.5 Å². The van der Waals surface area contributed by atoms with Crippen molar-refractivity contribution >= 4 is 5.91 Å². The lowest BCUT2D eigenvalue weighted by atomic mass is 10.1. The van der Waals surface area contributed by atoms with E-state index >= 15 is 0 Å². The summed E-state index contributed by atoms with van der Waals surface area (Å²) >= 11 is 0. The fraction of sp³-hybridized carbons (Fsp3) is 0.214. The minimum absolute atomic E-state index is 0.197. The third-order valence-corrected chi connectivity index (χ3v) is 2.59. The Morgan fingerprint density at radius 3 is 3.05 bits per heavy atom. The molecule has 1 aromatic heterocycles. The van der Waals surface area contributed by atoms with Crippen molar-refractivity contribution in [2.75, 3.05) is 6.54 Å². The fourth-order valence-electron chi connectivity index (χ4n) is 1.66. The van der Waals surface area contributed by atoms with E-state index in [2.05, 4.69) is 10.3 Å². The van der Waals surface area contributed by atoms with E-state index in [-0.39, 0.29) is 5.91 Å². The van der Waals surface area contributed by atoms with Gasteiger partial charge in [0.25, 0.3) is 5.91 Å². The van der Waals surface area contributed by atoms with Crippen LogP contribution in [0.15, 0.2) is 34.9 Å². The molecule has 0 aliphatic heterocycles. The Morgan fingerprint density at radius 1 is 1.53 bits per heavy atom. The molecule has 2 rings (SSSR count). The van der Waals surface area contributed by atoms with Crippen molar-refractivity contribution in [3.8, 4) is 6.07 Å². The lowest BCUT2D eigenvalue weighted by Gasteiger charge is -2.03. The molecule has 0 atom stereocenters. The SMILES string of the molecule is Cc1nc(CCNC(=O)c2cccc(C#N)c2)co1. The van der Waals surface area contributed by atoms with Gasteiger partial charge in [0.1, 0.15) is 6.26 Å². The van der Waals surface area contributed by atoms with Gasteiger partial charge in [-0.25, -0.2) is 4.98 Å². The molecule has 96 valence electrons. The van der Waals surface area contributed by atoms with E-state index in [1.165, 1.54) is 0 Å². The van der Waals surface area contributed by atoms with E-state index in [1.807, 2.05) is 6.07 Å². The molecule has 0 fully saturated rings. The molecule has 5 nitrogen and oxygen atoms in total. The van der Waals surface area contributed by atoms with Crippen LogP contribution in [-0.4, -0.2) is 17.4 Å². The smallest absolute Gasteiger partial charge is 0.251 e. The molecule has 1 amide bonds. The Bertz CT molecular complexity index is 626. The molecule has 2 aromatic rings. The zero-order valence-electron chi connectivity index (χ0n) is 10.5. The van der Waals surface area contributed by atoms with Crippen LogP contribution in [0.3, 0.4) is 0 Å². The molecule has 0 radical (unpaired) electrons. The number of aromatic nitrogens is 1. The Balaban J connectivity index is 1.89. The summed E-state index contributed by atoms with van der Waals surface area (Å²) in [6, 6.07) is 8.60. The first-order chi connectivity index (χ1) is 9.19. The number of nitrogens with zero attached hydrogens (tertiary/aromatic N) is 2. The first-order valence-electron chi connectivity index (χ1n) is 5.88. The summed E-state index contributed by atoms with van der Waals surface area (Å²) in [6.07, 6.45) is 2.19. The van der Waals surface area contributed by atoms with Crippen LogP contribution < -0.4 is 5.32 Å². The van der Waals surface area contributed by atoms with E-state index in [0.717, 1.165) is 5.69 Å². The van der Waals surface area contributed by atoms with E-state index in [1.54, 1.807) is 37.5 Å². The number of oxazole rings is 1. The highest BCUT2D eigenvalue weighted by molar-refractivity contribution is 5.94. The van der Waals surface area contributed by atoms with Crippen LogP contribution in [0.4, 0.5) is 0 Å². The summed E-state index contributed by atoms with van der Waals surface area (Å²) in [6.45, 7) is 2.25. The quantitative estimate of drug-likeness (QED) is 0.903. The van der Waals surface area contributed by atoms with E-state index < -0.39 is 0 Å². The first kappa shape index (κ1) is 12.8. The molecule has 0 bridgehead atoms. The van der Waals surface area contributed by atoms with E-state index in [4.69, 9.17) is 9.68 Å². The molecular formula is C14H13N3O2. The molecule has 0 aliphatic rings. The lowest BCUT2D eigenvalue weighted by Crippen LogP contribution is -2.25. The molecule has 1 N–H and O–H groups in total. The third kappa shape index (κ3) is 3.42. The van der Waals surface area contributed by atoms with Crippen LogP contribution >= 0.6 is 0 Å². The maximum Gasteiger partial charge on any atom is 0.251 e. The van der Waals surface area contributed by atoms with Gasteiger partial charge in [-0.05, 0) is 18.2 Å². The molecule has 5 heteroatoms. The third-order valence-electron chi connectivity index (χ3n) is 2.59. The van der Waals surface area contributed by atoms with Crippen molar-refractivity contribution in [1.29, 1.82) is 5.26 Å². The Morgan fingerprint density at radius 2 is 2.37 bits per heavy atom. The first-order valence-corrected chi connectivity index (χ1v) is 5.88. The van der Waals surface area contributed by atoms with Gasteiger partial charge in [0.2, 0.25) is 0 Å². The predicted molar refractivity (Wildman–Crippen MR) is 68.4 cm³/mol. The number of carbonyl (C=O) groups is 1. The minimum atomic E-state index is -0.197. The Labute approximate surface area is 110 Å². The van der Waals surface area contributed by atoms with Crippen molar-refractivity contribution in [3.63, 3.8) is 0 Å². The number of hydrogen-bond acceptors (Lipinski definition) is 4. The van der Waals surface area contributed by atoms with Gasteiger partial charge in [0.15, 0.2) is 5.89 Å². The number of rotatable bonds is 4. The average Bonchev–Trinajstić information content (AvgIpc) is 2.84. The van der Waals surface area contributed by atoms with Crippen LogP contribution in [-0.2, 0) is 6.42 Å². The molecular weight excluding hydrogens is 242 g/mol. The molecule has 1 aromatic carbocycles. The standard InChI is InChI=1S/C14H13N3O2/c1-10-17-13(9-19-10)5-6-16-14(18)12-4-2-3-11(7-12)8-15/h2-4,7,9H,5-6H2,1H3,(H,16,18). The van der Waals surface area contributed by atoms with Crippen molar-refractivity contribution < 1.29 is 9.21 Å². The Hall–Kier alpha value is -2.61. The monoisotopic (exact) mass is 255 g/mol. The topological polar surface area (TPSA) is 78.9 Å². The molecule has 0 unspecified atom stereocenters. The number of amides is 1. The van der Waals surface area contributed by atoms with Crippen LogP contribution in [0.1, 0.15) is 27.5 Å². The second-order valence-corrected chi connectivity index (χ2v) is 4.06. The summed E-state index contributed by atoms with van der Waals surface area (Å²) < 4.78 is 5.08. The maximum absolute atomic E-state index is 11.8. The number of nitriles is 1. The zero-order chi connectivity index (χ0) is 13.7. The van der Waals surface area contributed by atoms with Crippen LogP contribution in [0.25, 0.3) is 0 Å². The van der Waals surface area contributed by atoms with Crippen LogP contribution in [0.5, 0.6) is 0 Å². The summed E-state index contributed by atoms with van der Waals surface area (Å²) in [4.78, 5) is 16.0. The van der Waals surface area contributed by atoms with Crippen molar-refractivity contribution in [2.24, 2.45) is 0 Å². The van der Waals surface area contributed by atoms with E-state index in [9.17, 15) is 4.79 Å². The fourth-order valence-corrected chi connectivity index (χ4v) is 1.66. The van der Waals surface area contributed by atoms with Gasteiger partial charge < -0.3 is 9.73 Å². The number of carbonyl (C=O) groups excluding carboxylic acids is 1. The van der Waals surface area contributed by atoms with Crippen LogP contribution in [0.2, 0.25) is 0 Å². The van der Waals surface area contributed by atoms with Gasteiger partial charge in [-0.3, -0.25) is 4.79 Å². The number of aryl methyl sites for hydroxylation is 1. The number of hydrogen-bond donors (Lipinski definition) is 1. The van der Waals surface area contributed by atoms with Gasteiger partial charge in [-0.15, -0.1) is 0 Å². The second-order valence-electron chi connectivity index (χ2n) is 4.06. The van der Waals surface area contributed by atoms with Gasteiger partial charge in [-0.1, -0.05) is 6.07 Å². The number of benzene rings is 1. The van der Waals surface area contributed by atoms with Gasteiger partial charge in [-0.2, -0.15) is 5.26 Å². The van der Waals surface area contributed by atoms with Gasteiger partial charge in [0.05, 0.1) is 17.3 Å². The van der Waals surface area contributed by atoms with Crippen molar-refractivity contribution in [2.45, 2.75) is 13.3 Å². The highest BCUT2D eigenvalue weighted by atomic mass is 16.3. The highest BCUT2D eigenvalue weighted by Gasteiger charge is 2.06. The minimum Gasteiger partial charge on any atom is -0.449 e. The molecule has 0 saturated carbocycles. The largest absolute Gasteiger partial charge is 0.449 e. The molecule has 0 aliphatic carbocycles. The van der Waals surface area contributed by atoms with E-state index in [0.29, 0.717) is 30.0 Å². The second kappa shape index (κ2) is 5.83. The lowest BCUT2D eigenvalue weighted by molar-refractivity contribution is 0.0954. The summed E-state index contributed by atoms with van der Waals surface area (Å²) in [5.41, 5.74) is 1.76. The van der Waals surface area contributed by atoms with Crippen molar-refractivity contribution in [1.82, 2.24) is 10.3 Å². The Kier molecular flexibility index (Phi) is 3.94. The van der Waals surface area contributed by atoms with Gasteiger partial charge >= 0.3 is 0 Å². The highest BCUT2D eigenvalue weighted by Crippen LogP contribution is 2.04. The predicted octanol–water partition coefficient (Wildman–Crippen LogP) is 1.83. The molecule has 0 saturated heterocycles. The molecule has 19 heavy (non-hydrogen) atoms. The summed E-state index contributed by atoms with van der Waals surface area (Å²) in [7, 11) is 0. The van der Waals surface area contributed by atoms with Crippen molar-refractivity contribution in [3.05, 3.63) is 53.2 Å². The molecule has 1 heterocycles. The number of nitrogens with one attached hydrogen (secondary N) is 1.